The molecule has 0 radical (unpaired) electrons. The maximum atomic E-state index is 12.4. The SMILES string of the molecule is N#C/C(=C/c1cc(Br)c(N2CCOCC2)o1)C(=O)Nc1cccc(Br)c1. The van der Waals surface area contributed by atoms with Crippen LogP contribution in [0.2, 0.25) is 0 Å². The number of benzene rings is 1. The Kier molecular flexibility index (Phi) is 6.14. The molecule has 1 aliphatic heterocycles. The third-order valence-corrected chi connectivity index (χ3v) is 4.78. The third-order valence-electron chi connectivity index (χ3n) is 3.72. The van der Waals surface area contributed by atoms with Gasteiger partial charge in [-0.1, -0.05) is 22.0 Å². The number of hydrogen-bond acceptors (Lipinski definition) is 5. The quantitative estimate of drug-likeness (QED) is 0.524. The molecule has 3 rings (SSSR count). The van der Waals surface area contributed by atoms with E-state index in [2.05, 4.69) is 42.1 Å². The Bertz CT molecular complexity index is 880. The van der Waals surface area contributed by atoms with Crippen LogP contribution in [-0.4, -0.2) is 32.2 Å². The monoisotopic (exact) mass is 479 g/mol. The van der Waals surface area contributed by atoms with Gasteiger partial charge in [0.1, 0.15) is 17.4 Å². The molecule has 1 saturated heterocycles. The second kappa shape index (κ2) is 8.54. The molecule has 26 heavy (non-hydrogen) atoms. The number of nitrogens with one attached hydrogen (secondary N) is 1. The molecule has 6 nitrogen and oxygen atoms in total. The summed E-state index contributed by atoms with van der Waals surface area (Å²) in [5.74, 6) is 0.606. The van der Waals surface area contributed by atoms with Crippen molar-refractivity contribution in [2.75, 3.05) is 36.5 Å². The van der Waals surface area contributed by atoms with E-state index in [0.717, 1.165) is 22.0 Å². The summed E-state index contributed by atoms with van der Waals surface area (Å²) in [5, 5.41) is 12.0. The van der Waals surface area contributed by atoms with Crippen molar-refractivity contribution in [2.24, 2.45) is 0 Å². The number of morpholine rings is 1. The van der Waals surface area contributed by atoms with Crippen molar-refractivity contribution in [1.82, 2.24) is 0 Å². The lowest BCUT2D eigenvalue weighted by Crippen LogP contribution is -2.36. The minimum absolute atomic E-state index is 0.0419. The van der Waals surface area contributed by atoms with E-state index in [4.69, 9.17) is 9.15 Å². The molecular formula is C18H15Br2N3O3. The van der Waals surface area contributed by atoms with Gasteiger partial charge in [-0.3, -0.25) is 4.79 Å². The van der Waals surface area contributed by atoms with Gasteiger partial charge in [-0.05, 0) is 34.1 Å². The van der Waals surface area contributed by atoms with Crippen molar-refractivity contribution in [2.45, 2.75) is 0 Å². The lowest BCUT2D eigenvalue weighted by atomic mass is 10.2. The number of nitriles is 1. The van der Waals surface area contributed by atoms with Gasteiger partial charge in [-0.2, -0.15) is 5.26 Å². The van der Waals surface area contributed by atoms with Gasteiger partial charge in [0.15, 0.2) is 0 Å². The third kappa shape index (κ3) is 4.55. The van der Waals surface area contributed by atoms with Crippen LogP contribution in [0.25, 0.3) is 6.08 Å². The topological polar surface area (TPSA) is 78.5 Å². The first kappa shape index (κ1) is 18.7. The molecular weight excluding hydrogens is 466 g/mol. The van der Waals surface area contributed by atoms with Gasteiger partial charge in [0.25, 0.3) is 5.91 Å². The number of rotatable bonds is 4. The van der Waals surface area contributed by atoms with E-state index in [9.17, 15) is 10.1 Å². The second-order valence-electron chi connectivity index (χ2n) is 5.54. The smallest absolute Gasteiger partial charge is 0.266 e. The summed E-state index contributed by atoms with van der Waals surface area (Å²) in [4.78, 5) is 14.4. The van der Waals surface area contributed by atoms with Crippen LogP contribution in [0.3, 0.4) is 0 Å². The molecule has 0 saturated carbocycles. The number of nitrogens with zero attached hydrogens (tertiary/aromatic N) is 2. The Balaban J connectivity index is 1.78. The average molecular weight is 481 g/mol. The zero-order chi connectivity index (χ0) is 18.5. The number of amides is 1. The lowest BCUT2D eigenvalue weighted by Gasteiger charge is -2.26. The summed E-state index contributed by atoms with van der Waals surface area (Å²) < 4.78 is 12.8. The molecule has 1 N–H and O–H groups in total. The van der Waals surface area contributed by atoms with Crippen molar-refractivity contribution >= 4 is 55.4 Å². The number of carbonyl (C=O) groups excluding carboxylic acids is 1. The Morgan fingerprint density at radius 3 is 2.73 bits per heavy atom. The molecule has 0 aliphatic carbocycles. The molecule has 2 heterocycles. The van der Waals surface area contributed by atoms with Crippen molar-refractivity contribution in [3.05, 3.63) is 50.6 Å². The van der Waals surface area contributed by atoms with Crippen LogP contribution in [0, 0.1) is 11.3 Å². The fourth-order valence-corrected chi connectivity index (χ4v) is 3.44. The number of anilines is 2. The Labute approximate surface area is 167 Å². The number of hydrogen-bond donors (Lipinski definition) is 1. The second-order valence-corrected chi connectivity index (χ2v) is 7.31. The van der Waals surface area contributed by atoms with E-state index in [1.807, 2.05) is 12.1 Å². The highest BCUT2D eigenvalue weighted by atomic mass is 79.9. The molecule has 1 fully saturated rings. The molecule has 0 unspecified atom stereocenters. The van der Waals surface area contributed by atoms with Crippen LogP contribution < -0.4 is 10.2 Å². The van der Waals surface area contributed by atoms with Crippen LogP contribution in [0.5, 0.6) is 0 Å². The first-order valence-electron chi connectivity index (χ1n) is 7.87. The van der Waals surface area contributed by atoms with Gasteiger partial charge in [0, 0.05) is 35.4 Å². The normalized spacial score (nSPS) is 14.8. The fraction of sp³-hybridized carbons (Fsp3) is 0.222. The van der Waals surface area contributed by atoms with E-state index in [1.165, 1.54) is 6.08 Å². The van der Waals surface area contributed by atoms with E-state index in [0.29, 0.717) is 30.5 Å². The first-order chi connectivity index (χ1) is 12.6. The maximum Gasteiger partial charge on any atom is 0.266 e. The molecule has 1 aromatic heterocycles. The Morgan fingerprint density at radius 1 is 1.27 bits per heavy atom. The number of carbonyl (C=O) groups is 1. The highest BCUT2D eigenvalue weighted by molar-refractivity contribution is 9.10. The Morgan fingerprint density at radius 2 is 2.04 bits per heavy atom. The van der Waals surface area contributed by atoms with Gasteiger partial charge in [0.2, 0.25) is 5.88 Å². The van der Waals surface area contributed by atoms with Crippen LogP contribution in [-0.2, 0) is 9.53 Å². The molecule has 0 spiro atoms. The molecule has 1 amide bonds. The predicted octanol–water partition coefficient (Wildman–Crippen LogP) is 4.19. The van der Waals surface area contributed by atoms with Crippen molar-refractivity contribution < 1.29 is 13.9 Å². The molecule has 1 aliphatic rings. The van der Waals surface area contributed by atoms with Crippen LogP contribution >= 0.6 is 31.9 Å². The fourth-order valence-electron chi connectivity index (χ4n) is 2.49. The van der Waals surface area contributed by atoms with Gasteiger partial charge in [0.05, 0.1) is 17.7 Å². The standard InChI is InChI=1S/C18H15Br2N3O3/c19-13-2-1-3-14(9-13)22-17(24)12(11-21)8-15-10-16(20)18(26-15)23-4-6-25-7-5-23/h1-3,8-10H,4-7H2,(H,22,24)/b12-8-. The minimum atomic E-state index is -0.494. The zero-order valence-electron chi connectivity index (χ0n) is 13.7. The zero-order valence-corrected chi connectivity index (χ0v) is 16.8. The van der Waals surface area contributed by atoms with E-state index >= 15 is 0 Å². The summed E-state index contributed by atoms with van der Waals surface area (Å²) in [6, 6.07) is 10.8. The van der Waals surface area contributed by atoms with Gasteiger partial charge in [-0.15, -0.1) is 0 Å². The number of ether oxygens (including phenoxy) is 1. The van der Waals surface area contributed by atoms with Crippen molar-refractivity contribution in [3.8, 4) is 6.07 Å². The highest BCUT2D eigenvalue weighted by Gasteiger charge is 2.19. The molecule has 8 heteroatoms. The summed E-state index contributed by atoms with van der Waals surface area (Å²) in [7, 11) is 0. The lowest BCUT2D eigenvalue weighted by molar-refractivity contribution is -0.112. The summed E-state index contributed by atoms with van der Waals surface area (Å²) in [6.07, 6.45) is 1.43. The van der Waals surface area contributed by atoms with Crippen LogP contribution in [0.1, 0.15) is 5.76 Å². The van der Waals surface area contributed by atoms with Gasteiger partial charge >= 0.3 is 0 Å². The van der Waals surface area contributed by atoms with Gasteiger partial charge < -0.3 is 19.4 Å². The predicted molar refractivity (Wildman–Crippen MR) is 106 cm³/mol. The molecule has 1 aromatic carbocycles. The Hall–Kier alpha value is -2.08. The van der Waals surface area contributed by atoms with Gasteiger partial charge in [-0.25, -0.2) is 0 Å². The summed E-state index contributed by atoms with van der Waals surface area (Å²) >= 11 is 6.81. The summed E-state index contributed by atoms with van der Waals surface area (Å²) in [5.41, 5.74) is 0.555. The van der Waals surface area contributed by atoms with E-state index in [1.54, 1.807) is 24.3 Å². The first-order valence-corrected chi connectivity index (χ1v) is 9.46. The highest BCUT2D eigenvalue weighted by Crippen LogP contribution is 2.32. The molecule has 0 atom stereocenters. The van der Waals surface area contributed by atoms with E-state index < -0.39 is 5.91 Å². The van der Waals surface area contributed by atoms with Crippen LogP contribution in [0.15, 0.2) is 49.3 Å². The van der Waals surface area contributed by atoms with Crippen LogP contribution in [0.4, 0.5) is 11.6 Å². The maximum absolute atomic E-state index is 12.4. The molecule has 2 aromatic rings. The van der Waals surface area contributed by atoms with E-state index in [-0.39, 0.29) is 5.57 Å². The molecule has 134 valence electrons. The number of furan rings is 1. The van der Waals surface area contributed by atoms with Crippen molar-refractivity contribution in [1.29, 1.82) is 5.26 Å². The largest absolute Gasteiger partial charge is 0.440 e. The minimum Gasteiger partial charge on any atom is -0.440 e. The summed E-state index contributed by atoms with van der Waals surface area (Å²) in [6.45, 7) is 2.72. The molecule has 0 bridgehead atoms. The number of halogens is 2. The van der Waals surface area contributed by atoms with Crippen molar-refractivity contribution in [3.63, 3.8) is 0 Å². The average Bonchev–Trinajstić information content (AvgIpc) is 3.00.